The van der Waals surface area contributed by atoms with Crippen molar-refractivity contribution in [1.29, 1.82) is 0 Å². The number of rotatable bonds is 2. The average molecular weight is 245 g/mol. The van der Waals surface area contributed by atoms with Crippen molar-refractivity contribution in [2.45, 2.75) is 63.6 Å². The van der Waals surface area contributed by atoms with Gasteiger partial charge in [0.15, 0.2) is 0 Å². The van der Waals surface area contributed by atoms with Crippen molar-refractivity contribution in [1.82, 2.24) is 10.6 Å². The van der Waals surface area contributed by atoms with Gasteiger partial charge >= 0.3 is 0 Å². The van der Waals surface area contributed by atoms with E-state index in [0.29, 0.717) is 24.0 Å². The van der Waals surface area contributed by atoms with E-state index in [-0.39, 0.29) is 17.8 Å². The molecule has 0 radical (unpaired) electrons. The molecule has 1 aliphatic carbocycles. The van der Waals surface area contributed by atoms with Crippen LogP contribution in [0.2, 0.25) is 0 Å². The Morgan fingerprint density at radius 3 is 2.31 bits per heavy atom. The second-order valence-corrected chi connectivity index (χ2v) is 5.84. The second kappa shape index (κ2) is 4.19. The number of hydrogen-bond acceptors (Lipinski definition) is 2. The molecule has 4 heteroatoms. The van der Waals surface area contributed by atoms with E-state index in [0.717, 1.165) is 25.7 Å². The van der Waals surface area contributed by atoms with E-state index in [4.69, 9.17) is 0 Å². The molecule has 0 spiro atoms. The van der Waals surface area contributed by atoms with E-state index in [9.17, 15) is 4.79 Å². The van der Waals surface area contributed by atoms with Gasteiger partial charge in [0, 0.05) is 23.5 Å². The lowest BCUT2D eigenvalue weighted by Gasteiger charge is -2.30. The maximum Gasteiger partial charge on any atom is 0.226 e. The zero-order valence-electron chi connectivity index (χ0n) is 9.79. The third-order valence-electron chi connectivity index (χ3n) is 4.36. The maximum atomic E-state index is 11.9. The molecule has 0 aromatic heterocycles. The quantitative estimate of drug-likeness (QED) is 0.775. The average Bonchev–Trinajstić information content (AvgIpc) is 2.86. The normalized spacial score (nSPS) is 38.7. The SMILES string of the molecule is CC1(C(=O)NC2CC3CCC(C2)N3)CC1.Cl. The summed E-state index contributed by atoms with van der Waals surface area (Å²) in [4.78, 5) is 11.9. The highest BCUT2D eigenvalue weighted by molar-refractivity contribution is 5.85. The molecule has 2 N–H and O–H groups in total. The zero-order chi connectivity index (χ0) is 10.5. The molecule has 0 aromatic carbocycles. The van der Waals surface area contributed by atoms with E-state index in [2.05, 4.69) is 17.6 Å². The Morgan fingerprint density at radius 1 is 1.25 bits per heavy atom. The molecule has 2 heterocycles. The molecule has 2 unspecified atom stereocenters. The third kappa shape index (κ3) is 2.21. The van der Waals surface area contributed by atoms with Gasteiger partial charge in [-0.05, 0) is 38.5 Å². The Bertz CT molecular complexity index is 279. The summed E-state index contributed by atoms with van der Waals surface area (Å²) in [5.74, 6) is 0.300. The molecule has 3 aliphatic rings. The molecule has 1 amide bonds. The number of amides is 1. The first-order chi connectivity index (χ1) is 7.16. The first kappa shape index (κ1) is 12.2. The summed E-state index contributed by atoms with van der Waals surface area (Å²) in [5, 5.41) is 6.84. The molecular formula is C12H21ClN2O. The number of nitrogens with one attached hydrogen (secondary N) is 2. The molecule has 2 bridgehead atoms. The third-order valence-corrected chi connectivity index (χ3v) is 4.36. The van der Waals surface area contributed by atoms with Crippen LogP contribution < -0.4 is 10.6 Å². The van der Waals surface area contributed by atoms with Crippen LogP contribution in [0, 0.1) is 5.41 Å². The molecule has 2 saturated heterocycles. The summed E-state index contributed by atoms with van der Waals surface area (Å²) >= 11 is 0. The Labute approximate surface area is 103 Å². The fraction of sp³-hybridized carbons (Fsp3) is 0.917. The lowest BCUT2D eigenvalue weighted by atomic mass is 9.98. The van der Waals surface area contributed by atoms with Gasteiger partial charge in [-0.3, -0.25) is 4.79 Å². The molecule has 2 aliphatic heterocycles. The highest BCUT2D eigenvalue weighted by Gasteiger charge is 2.46. The Morgan fingerprint density at radius 2 is 1.81 bits per heavy atom. The largest absolute Gasteiger partial charge is 0.353 e. The minimum absolute atomic E-state index is 0. The van der Waals surface area contributed by atoms with Gasteiger partial charge in [-0.25, -0.2) is 0 Å². The highest BCUT2D eigenvalue weighted by Crippen LogP contribution is 2.45. The van der Waals surface area contributed by atoms with Crippen LogP contribution in [0.4, 0.5) is 0 Å². The summed E-state index contributed by atoms with van der Waals surface area (Å²) in [6.45, 7) is 2.08. The van der Waals surface area contributed by atoms with Crippen LogP contribution in [0.25, 0.3) is 0 Å². The van der Waals surface area contributed by atoms with Gasteiger partial charge in [-0.1, -0.05) is 6.92 Å². The fourth-order valence-corrected chi connectivity index (χ4v) is 2.95. The summed E-state index contributed by atoms with van der Waals surface area (Å²) in [6.07, 6.45) is 7.03. The van der Waals surface area contributed by atoms with E-state index >= 15 is 0 Å². The Balaban J connectivity index is 0.000000963. The molecule has 0 aromatic rings. The van der Waals surface area contributed by atoms with E-state index < -0.39 is 0 Å². The number of hydrogen-bond donors (Lipinski definition) is 2. The first-order valence-electron chi connectivity index (χ1n) is 6.23. The van der Waals surface area contributed by atoms with Crippen molar-refractivity contribution in [2.24, 2.45) is 5.41 Å². The van der Waals surface area contributed by atoms with Crippen molar-refractivity contribution in [3.05, 3.63) is 0 Å². The number of halogens is 1. The van der Waals surface area contributed by atoms with Crippen molar-refractivity contribution < 1.29 is 4.79 Å². The first-order valence-corrected chi connectivity index (χ1v) is 6.23. The van der Waals surface area contributed by atoms with Crippen molar-refractivity contribution in [3.8, 4) is 0 Å². The molecule has 16 heavy (non-hydrogen) atoms. The zero-order valence-corrected chi connectivity index (χ0v) is 10.6. The standard InChI is InChI=1S/C12H20N2O.ClH/c1-12(4-5-12)11(15)14-10-6-8-2-3-9(7-10)13-8;/h8-10,13H,2-7H2,1H3,(H,14,15);1H. The van der Waals surface area contributed by atoms with Gasteiger partial charge in [0.05, 0.1) is 0 Å². The predicted octanol–water partition coefficient (Wildman–Crippen LogP) is 1.61. The monoisotopic (exact) mass is 244 g/mol. The molecule has 1 saturated carbocycles. The summed E-state index contributed by atoms with van der Waals surface area (Å²) in [6, 6.07) is 1.77. The van der Waals surface area contributed by atoms with Gasteiger partial charge < -0.3 is 10.6 Å². The molecule has 3 nitrogen and oxygen atoms in total. The van der Waals surface area contributed by atoms with Gasteiger partial charge in [0.2, 0.25) is 5.91 Å². The molecule has 3 rings (SSSR count). The second-order valence-electron chi connectivity index (χ2n) is 5.84. The van der Waals surface area contributed by atoms with Gasteiger partial charge in [0.25, 0.3) is 0 Å². The van der Waals surface area contributed by atoms with Crippen molar-refractivity contribution in [3.63, 3.8) is 0 Å². The molecule has 2 atom stereocenters. The van der Waals surface area contributed by atoms with Crippen LogP contribution in [0.15, 0.2) is 0 Å². The molecule has 92 valence electrons. The number of carbonyl (C=O) groups excluding carboxylic acids is 1. The molecule has 3 fully saturated rings. The van der Waals surface area contributed by atoms with Gasteiger partial charge in [-0.2, -0.15) is 0 Å². The van der Waals surface area contributed by atoms with Crippen LogP contribution in [-0.2, 0) is 4.79 Å². The van der Waals surface area contributed by atoms with Gasteiger partial charge in [0.1, 0.15) is 0 Å². The lowest BCUT2D eigenvalue weighted by Crippen LogP contribution is -2.49. The predicted molar refractivity (Wildman–Crippen MR) is 65.7 cm³/mol. The minimum atomic E-state index is -0.01000. The highest BCUT2D eigenvalue weighted by atomic mass is 35.5. The van der Waals surface area contributed by atoms with Gasteiger partial charge in [-0.15, -0.1) is 12.4 Å². The fourth-order valence-electron chi connectivity index (χ4n) is 2.95. The summed E-state index contributed by atoms with van der Waals surface area (Å²) < 4.78 is 0. The minimum Gasteiger partial charge on any atom is -0.353 e. The summed E-state index contributed by atoms with van der Waals surface area (Å²) in [7, 11) is 0. The van der Waals surface area contributed by atoms with Crippen molar-refractivity contribution in [2.75, 3.05) is 0 Å². The Kier molecular flexibility index (Phi) is 3.19. The lowest BCUT2D eigenvalue weighted by molar-refractivity contribution is -0.126. The summed E-state index contributed by atoms with van der Waals surface area (Å²) in [5.41, 5.74) is -0.01000. The number of carbonyl (C=O) groups is 1. The Hall–Kier alpha value is -0.280. The smallest absolute Gasteiger partial charge is 0.226 e. The van der Waals surface area contributed by atoms with Crippen LogP contribution >= 0.6 is 12.4 Å². The molecular weight excluding hydrogens is 224 g/mol. The van der Waals surface area contributed by atoms with Crippen LogP contribution in [-0.4, -0.2) is 24.0 Å². The van der Waals surface area contributed by atoms with Crippen LogP contribution in [0.5, 0.6) is 0 Å². The van der Waals surface area contributed by atoms with Crippen LogP contribution in [0.1, 0.15) is 45.4 Å². The van der Waals surface area contributed by atoms with E-state index in [1.54, 1.807) is 0 Å². The number of piperidine rings is 1. The van der Waals surface area contributed by atoms with E-state index in [1.165, 1.54) is 12.8 Å². The topological polar surface area (TPSA) is 41.1 Å². The maximum absolute atomic E-state index is 11.9. The number of fused-ring (bicyclic) bond motifs is 2. The van der Waals surface area contributed by atoms with Crippen LogP contribution in [0.3, 0.4) is 0 Å². The van der Waals surface area contributed by atoms with Crippen molar-refractivity contribution >= 4 is 18.3 Å². The van der Waals surface area contributed by atoms with E-state index in [1.807, 2.05) is 0 Å².